The third-order valence-electron chi connectivity index (χ3n) is 3.11. The second-order valence-electron chi connectivity index (χ2n) is 4.41. The van der Waals surface area contributed by atoms with E-state index in [1.807, 2.05) is 30.3 Å². The van der Waals surface area contributed by atoms with Gasteiger partial charge >= 0.3 is 0 Å². The van der Waals surface area contributed by atoms with Crippen LogP contribution in [-0.4, -0.2) is 7.11 Å². The molecule has 0 spiro atoms. The first-order valence-corrected chi connectivity index (χ1v) is 7.85. The zero-order valence-corrected chi connectivity index (χ0v) is 14.5. The van der Waals surface area contributed by atoms with Crippen LogP contribution in [0.1, 0.15) is 23.3 Å². The van der Waals surface area contributed by atoms with Crippen molar-refractivity contribution < 1.29 is 4.74 Å². The quantitative estimate of drug-likeness (QED) is 0.706. The Morgan fingerprint density at radius 1 is 1.00 bits per heavy atom. The summed E-state index contributed by atoms with van der Waals surface area (Å²) in [7, 11) is 1.65. The van der Waals surface area contributed by atoms with Gasteiger partial charge in [-0.05, 0) is 58.0 Å². The summed E-state index contributed by atoms with van der Waals surface area (Å²) in [5.74, 6) is 0. The summed E-state index contributed by atoms with van der Waals surface area (Å²) in [4.78, 5) is 0. The number of methoxy groups -OCH3 is 1. The molecule has 0 saturated heterocycles. The van der Waals surface area contributed by atoms with Crippen LogP contribution >= 0.6 is 45.8 Å². The minimum absolute atomic E-state index is 0.232. The van der Waals surface area contributed by atoms with E-state index in [4.69, 9.17) is 33.7 Å². The Morgan fingerprint density at radius 3 is 2.15 bits per heavy atom. The summed E-state index contributed by atoms with van der Waals surface area (Å²) in [5.41, 5.74) is 8.24. The minimum Gasteiger partial charge on any atom is -0.375 e. The molecule has 2 N–H and O–H groups in total. The lowest BCUT2D eigenvalue weighted by molar-refractivity contribution is 0.0802. The second kappa shape index (κ2) is 7.09. The van der Waals surface area contributed by atoms with Crippen LogP contribution in [0.4, 0.5) is 0 Å². The summed E-state index contributed by atoms with van der Waals surface area (Å²) in [6.45, 7) is 0. The van der Waals surface area contributed by atoms with Crippen LogP contribution in [0, 0.1) is 3.57 Å². The highest BCUT2D eigenvalue weighted by Gasteiger charge is 2.21. The van der Waals surface area contributed by atoms with Crippen LogP contribution in [0.3, 0.4) is 0 Å². The van der Waals surface area contributed by atoms with E-state index in [9.17, 15) is 0 Å². The van der Waals surface area contributed by atoms with Crippen LogP contribution in [0.2, 0.25) is 10.0 Å². The molecule has 0 saturated carbocycles. The number of nitrogens with two attached hydrogens (primary N) is 1. The monoisotopic (exact) mass is 421 g/mol. The summed E-state index contributed by atoms with van der Waals surface area (Å²) in [6, 6.07) is 13.2. The van der Waals surface area contributed by atoms with Crippen molar-refractivity contribution in [2.75, 3.05) is 7.11 Å². The zero-order chi connectivity index (χ0) is 14.7. The highest BCUT2D eigenvalue weighted by atomic mass is 127. The highest BCUT2D eigenvalue weighted by molar-refractivity contribution is 14.1. The molecule has 2 nitrogen and oxygen atoms in total. The molecule has 0 aliphatic carbocycles. The van der Waals surface area contributed by atoms with Crippen LogP contribution in [0.5, 0.6) is 0 Å². The van der Waals surface area contributed by atoms with Gasteiger partial charge in [0.05, 0.1) is 16.1 Å². The molecule has 0 aliphatic rings. The number of hydrogen-bond acceptors (Lipinski definition) is 2. The summed E-state index contributed by atoms with van der Waals surface area (Å²) < 4.78 is 6.73. The molecule has 2 aromatic rings. The van der Waals surface area contributed by atoms with E-state index in [1.54, 1.807) is 19.2 Å². The molecule has 0 heterocycles. The summed E-state index contributed by atoms with van der Waals surface area (Å²) in [6.07, 6.45) is -0.232. The third-order valence-corrected chi connectivity index (χ3v) is 4.57. The van der Waals surface area contributed by atoms with E-state index in [-0.39, 0.29) is 12.1 Å². The first-order valence-electron chi connectivity index (χ1n) is 6.01. The third kappa shape index (κ3) is 3.65. The van der Waals surface area contributed by atoms with Crippen LogP contribution in [0.25, 0.3) is 0 Å². The van der Waals surface area contributed by atoms with Gasteiger partial charge in [0, 0.05) is 10.7 Å². The van der Waals surface area contributed by atoms with Crippen molar-refractivity contribution in [3.8, 4) is 0 Å². The van der Waals surface area contributed by atoms with Crippen LogP contribution in [0.15, 0.2) is 42.5 Å². The van der Waals surface area contributed by atoms with Crippen molar-refractivity contribution >= 4 is 45.8 Å². The molecule has 2 unspecified atom stereocenters. The maximum atomic E-state index is 6.31. The Bertz CT molecular complexity index is 589. The van der Waals surface area contributed by atoms with Crippen molar-refractivity contribution in [2.45, 2.75) is 12.1 Å². The van der Waals surface area contributed by atoms with Crippen molar-refractivity contribution in [2.24, 2.45) is 5.73 Å². The second-order valence-corrected chi connectivity index (χ2v) is 6.47. The molecule has 2 atom stereocenters. The molecule has 0 aliphatic heterocycles. The lowest BCUT2D eigenvalue weighted by atomic mass is 9.96. The molecular formula is C15H14Cl2INO. The number of hydrogen-bond donors (Lipinski definition) is 1. The number of halogens is 3. The molecule has 106 valence electrons. The van der Waals surface area contributed by atoms with Crippen LogP contribution in [-0.2, 0) is 4.74 Å². The molecule has 0 radical (unpaired) electrons. The average Bonchev–Trinajstić information content (AvgIpc) is 2.44. The average molecular weight is 422 g/mol. The fourth-order valence-corrected chi connectivity index (χ4v) is 2.70. The molecule has 0 bridgehead atoms. The van der Waals surface area contributed by atoms with Crippen molar-refractivity contribution in [3.63, 3.8) is 0 Å². The van der Waals surface area contributed by atoms with E-state index in [0.717, 1.165) is 11.1 Å². The van der Waals surface area contributed by atoms with Crippen LogP contribution < -0.4 is 5.73 Å². The lowest BCUT2D eigenvalue weighted by Gasteiger charge is -2.23. The zero-order valence-electron chi connectivity index (χ0n) is 10.8. The predicted molar refractivity (Wildman–Crippen MR) is 92.3 cm³/mol. The number of rotatable bonds is 4. The molecule has 2 rings (SSSR count). The molecular weight excluding hydrogens is 408 g/mol. The lowest BCUT2D eigenvalue weighted by Crippen LogP contribution is -2.21. The highest BCUT2D eigenvalue weighted by Crippen LogP contribution is 2.33. The maximum Gasteiger partial charge on any atom is 0.101 e. The summed E-state index contributed by atoms with van der Waals surface area (Å²) >= 11 is 14.2. The van der Waals surface area contributed by atoms with Crippen molar-refractivity contribution in [1.82, 2.24) is 0 Å². The van der Waals surface area contributed by atoms with E-state index in [2.05, 4.69) is 22.6 Å². The van der Waals surface area contributed by atoms with Gasteiger partial charge in [0.15, 0.2) is 0 Å². The molecule has 2 aromatic carbocycles. The van der Waals surface area contributed by atoms with Crippen molar-refractivity contribution in [1.29, 1.82) is 0 Å². The van der Waals surface area contributed by atoms with E-state index in [0.29, 0.717) is 10.0 Å². The fourth-order valence-electron chi connectivity index (χ4n) is 2.04. The Hall–Kier alpha value is -0.330. The molecule has 0 amide bonds. The normalized spacial score (nSPS) is 14.1. The fraction of sp³-hybridized carbons (Fsp3) is 0.200. The largest absolute Gasteiger partial charge is 0.375 e. The molecule has 0 aromatic heterocycles. The van der Waals surface area contributed by atoms with Gasteiger partial charge in [0.1, 0.15) is 6.10 Å². The standard InChI is InChI=1S/C15H14Cl2INO/c1-20-15(9-2-5-11(18)6-3-9)14(19)10-4-7-12(16)13(17)8-10/h2-8,14-15H,19H2,1H3. The van der Waals surface area contributed by atoms with Crippen molar-refractivity contribution in [3.05, 3.63) is 67.2 Å². The minimum atomic E-state index is -0.310. The van der Waals surface area contributed by atoms with Gasteiger partial charge < -0.3 is 10.5 Å². The number of benzene rings is 2. The van der Waals surface area contributed by atoms with E-state index in [1.165, 1.54) is 3.57 Å². The van der Waals surface area contributed by atoms with Gasteiger partial charge in [-0.15, -0.1) is 0 Å². The topological polar surface area (TPSA) is 35.2 Å². The Kier molecular flexibility index (Phi) is 5.69. The molecule has 20 heavy (non-hydrogen) atoms. The Morgan fingerprint density at radius 2 is 1.60 bits per heavy atom. The van der Waals surface area contributed by atoms with Gasteiger partial charge in [0.25, 0.3) is 0 Å². The SMILES string of the molecule is COC(c1ccc(I)cc1)C(N)c1ccc(Cl)c(Cl)c1. The van der Waals surface area contributed by atoms with Gasteiger partial charge in [-0.1, -0.05) is 41.4 Å². The molecule has 0 fully saturated rings. The maximum absolute atomic E-state index is 6.31. The van der Waals surface area contributed by atoms with Gasteiger partial charge in [-0.3, -0.25) is 0 Å². The van der Waals surface area contributed by atoms with Gasteiger partial charge in [-0.2, -0.15) is 0 Å². The van der Waals surface area contributed by atoms with Gasteiger partial charge in [-0.25, -0.2) is 0 Å². The Balaban J connectivity index is 2.30. The molecule has 5 heteroatoms. The first kappa shape index (κ1) is 16.0. The predicted octanol–water partition coefficient (Wildman–Crippen LogP) is 4.99. The Labute approximate surface area is 142 Å². The smallest absolute Gasteiger partial charge is 0.101 e. The number of ether oxygens (including phenoxy) is 1. The van der Waals surface area contributed by atoms with Gasteiger partial charge in [0.2, 0.25) is 0 Å². The van der Waals surface area contributed by atoms with E-state index >= 15 is 0 Å². The van der Waals surface area contributed by atoms with E-state index < -0.39 is 0 Å². The summed E-state index contributed by atoms with van der Waals surface area (Å²) in [5, 5.41) is 1.02. The first-order chi connectivity index (χ1) is 9.52.